The third-order valence-corrected chi connectivity index (χ3v) is 4.78. The molecule has 0 saturated heterocycles. The molecule has 1 N–H and O–H groups in total. The van der Waals surface area contributed by atoms with E-state index in [-0.39, 0.29) is 5.91 Å². The lowest BCUT2D eigenvalue weighted by Gasteiger charge is -2.08. The maximum atomic E-state index is 12.4. The molecule has 2 aromatic carbocycles. The molecule has 1 aliphatic carbocycles. The highest BCUT2D eigenvalue weighted by molar-refractivity contribution is 9.10. The van der Waals surface area contributed by atoms with Crippen molar-refractivity contribution in [3.05, 3.63) is 57.5 Å². The number of nitrogens with one attached hydrogen (secondary N) is 1. The molecule has 0 unspecified atom stereocenters. The highest BCUT2D eigenvalue weighted by atomic mass is 79.9. The Balaban J connectivity index is 1.53. The van der Waals surface area contributed by atoms with Crippen molar-refractivity contribution in [1.82, 2.24) is 20.2 Å². The van der Waals surface area contributed by atoms with Gasteiger partial charge in [-0.05, 0) is 65.7 Å². The number of rotatable bonds is 4. The fraction of sp³-hybridized carbons (Fsp3) is 0.176. The van der Waals surface area contributed by atoms with Crippen molar-refractivity contribution in [2.45, 2.75) is 18.9 Å². The van der Waals surface area contributed by atoms with E-state index >= 15 is 0 Å². The van der Waals surface area contributed by atoms with Crippen LogP contribution < -0.4 is 5.32 Å². The third-order valence-electron chi connectivity index (χ3n) is 3.96. The first-order valence-corrected chi connectivity index (χ1v) is 8.93. The van der Waals surface area contributed by atoms with E-state index < -0.39 is 0 Å². The lowest BCUT2D eigenvalue weighted by atomic mass is 10.1. The minimum Gasteiger partial charge on any atom is -0.322 e. The van der Waals surface area contributed by atoms with Crippen LogP contribution in [-0.2, 0) is 0 Å². The van der Waals surface area contributed by atoms with Crippen LogP contribution in [0.4, 0.5) is 5.69 Å². The molecule has 4 rings (SSSR count). The fourth-order valence-corrected chi connectivity index (χ4v) is 3.09. The number of benzene rings is 2. The summed E-state index contributed by atoms with van der Waals surface area (Å²) in [6.07, 6.45) is 2.22. The van der Waals surface area contributed by atoms with Gasteiger partial charge in [0.2, 0.25) is 0 Å². The zero-order chi connectivity index (χ0) is 17.4. The molecule has 25 heavy (non-hydrogen) atoms. The molecule has 0 radical (unpaired) electrons. The molecule has 1 heterocycles. The molecular weight excluding hydrogens is 406 g/mol. The number of aromatic nitrogens is 4. The monoisotopic (exact) mass is 417 g/mol. The minimum atomic E-state index is -0.262. The van der Waals surface area contributed by atoms with E-state index in [1.807, 2.05) is 28.9 Å². The second kappa shape index (κ2) is 6.57. The standard InChI is InChI=1S/C17H13BrClN5O/c18-11-3-8-15(19)14(9-11)17(25)20-12-4-1-10(2-5-12)16-21-22-23-24(16)13-6-7-13/h1-5,8-9,13H,6-7H2,(H,20,25). The van der Waals surface area contributed by atoms with Crippen LogP contribution in [0.3, 0.4) is 0 Å². The van der Waals surface area contributed by atoms with Crippen molar-refractivity contribution in [2.24, 2.45) is 0 Å². The molecule has 1 fully saturated rings. The van der Waals surface area contributed by atoms with Crippen LogP contribution in [0.5, 0.6) is 0 Å². The predicted octanol–water partition coefficient (Wildman–Crippen LogP) is 4.34. The summed E-state index contributed by atoms with van der Waals surface area (Å²) in [4.78, 5) is 12.4. The first-order valence-electron chi connectivity index (χ1n) is 7.76. The Kier molecular flexibility index (Phi) is 4.27. The highest BCUT2D eigenvalue weighted by Crippen LogP contribution is 2.36. The number of amides is 1. The summed E-state index contributed by atoms with van der Waals surface area (Å²) in [5.74, 6) is 0.484. The molecule has 1 saturated carbocycles. The molecule has 0 aliphatic heterocycles. The topological polar surface area (TPSA) is 72.7 Å². The van der Waals surface area contributed by atoms with Gasteiger partial charge in [0.15, 0.2) is 5.82 Å². The maximum Gasteiger partial charge on any atom is 0.257 e. The number of halogens is 2. The predicted molar refractivity (Wildman–Crippen MR) is 98.6 cm³/mol. The van der Waals surface area contributed by atoms with Gasteiger partial charge in [0.1, 0.15) is 0 Å². The fourth-order valence-electron chi connectivity index (χ4n) is 2.52. The number of tetrazole rings is 1. The van der Waals surface area contributed by atoms with Crippen LogP contribution in [0.25, 0.3) is 11.4 Å². The van der Waals surface area contributed by atoms with Gasteiger partial charge in [-0.1, -0.05) is 27.5 Å². The van der Waals surface area contributed by atoms with E-state index in [2.05, 4.69) is 36.8 Å². The number of nitrogens with zero attached hydrogens (tertiary/aromatic N) is 4. The van der Waals surface area contributed by atoms with E-state index in [0.29, 0.717) is 22.3 Å². The minimum absolute atomic E-state index is 0.262. The van der Waals surface area contributed by atoms with Crippen molar-refractivity contribution < 1.29 is 4.79 Å². The Morgan fingerprint density at radius 2 is 1.96 bits per heavy atom. The van der Waals surface area contributed by atoms with E-state index in [4.69, 9.17) is 11.6 Å². The molecule has 0 spiro atoms. The maximum absolute atomic E-state index is 12.4. The summed E-state index contributed by atoms with van der Waals surface area (Å²) in [5, 5.41) is 15.2. The molecule has 126 valence electrons. The number of carbonyl (C=O) groups excluding carboxylic acids is 1. The van der Waals surface area contributed by atoms with Crippen LogP contribution in [0.15, 0.2) is 46.9 Å². The highest BCUT2D eigenvalue weighted by Gasteiger charge is 2.28. The van der Waals surface area contributed by atoms with Crippen LogP contribution in [0.1, 0.15) is 29.2 Å². The van der Waals surface area contributed by atoms with Gasteiger partial charge in [0.05, 0.1) is 16.6 Å². The molecule has 0 bridgehead atoms. The molecule has 1 amide bonds. The molecule has 1 aromatic heterocycles. The largest absolute Gasteiger partial charge is 0.322 e. The summed E-state index contributed by atoms with van der Waals surface area (Å²) in [7, 11) is 0. The van der Waals surface area contributed by atoms with E-state index in [1.165, 1.54) is 0 Å². The Morgan fingerprint density at radius 3 is 2.68 bits per heavy atom. The van der Waals surface area contributed by atoms with Gasteiger partial charge in [-0.3, -0.25) is 4.79 Å². The van der Waals surface area contributed by atoms with Crippen molar-refractivity contribution >= 4 is 39.1 Å². The summed E-state index contributed by atoms with van der Waals surface area (Å²) in [6, 6.07) is 13.0. The smallest absolute Gasteiger partial charge is 0.257 e. The summed E-state index contributed by atoms with van der Waals surface area (Å²) >= 11 is 9.44. The van der Waals surface area contributed by atoms with Crippen LogP contribution >= 0.6 is 27.5 Å². The van der Waals surface area contributed by atoms with Crippen LogP contribution in [-0.4, -0.2) is 26.1 Å². The second-order valence-electron chi connectivity index (χ2n) is 5.83. The summed E-state index contributed by atoms with van der Waals surface area (Å²) in [5.41, 5.74) is 2.00. The van der Waals surface area contributed by atoms with Gasteiger partial charge in [0.25, 0.3) is 5.91 Å². The molecule has 6 nitrogen and oxygen atoms in total. The lowest BCUT2D eigenvalue weighted by molar-refractivity contribution is 0.102. The Morgan fingerprint density at radius 1 is 1.20 bits per heavy atom. The third kappa shape index (κ3) is 3.43. The van der Waals surface area contributed by atoms with Crippen molar-refractivity contribution in [1.29, 1.82) is 0 Å². The van der Waals surface area contributed by atoms with Crippen LogP contribution in [0.2, 0.25) is 5.02 Å². The summed E-state index contributed by atoms with van der Waals surface area (Å²) in [6.45, 7) is 0. The average Bonchev–Trinajstić information content (AvgIpc) is 3.34. The van der Waals surface area contributed by atoms with Crippen molar-refractivity contribution in [3.8, 4) is 11.4 Å². The lowest BCUT2D eigenvalue weighted by Crippen LogP contribution is -2.12. The van der Waals surface area contributed by atoms with Gasteiger partial charge in [-0.15, -0.1) is 5.10 Å². The molecule has 8 heteroatoms. The Hall–Kier alpha value is -2.25. The normalized spacial score (nSPS) is 13.7. The SMILES string of the molecule is O=C(Nc1ccc(-c2nnnn2C2CC2)cc1)c1cc(Br)ccc1Cl. The van der Waals surface area contributed by atoms with E-state index in [1.54, 1.807) is 18.2 Å². The van der Waals surface area contributed by atoms with E-state index in [0.717, 1.165) is 28.7 Å². The Labute approximate surface area is 157 Å². The van der Waals surface area contributed by atoms with Gasteiger partial charge in [0, 0.05) is 15.7 Å². The number of carbonyl (C=O) groups is 1. The number of anilines is 1. The average molecular weight is 419 g/mol. The van der Waals surface area contributed by atoms with Gasteiger partial charge >= 0.3 is 0 Å². The molecule has 0 atom stereocenters. The van der Waals surface area contributed by atoms with Crippen molar-refractivity contribution in [2.75, 3.05) is 5.32 Å². The number of hydrogen-bond acceptors (Lipinski definition) is 4. The van der Waals surface area contributed by atoms with Gasteiger partial charge in [-0.25, -0.2) is 4.68 Å². The number of hydrogen-bond donors (Lipinski definition) is 1. The first kappa shape index (κ1) is 16.2. The van der Waals surface area contributed by atoms with Gasteiger partial charge < -0.3 is 5.32 Å². The van der Waals surface area contributed by atoms with Crippen LogP contribution in [0, 0.1) is 0 Å². The van der Waals surface area contributed by atoms with E-state index in [9.17, 15) is 4.79 Å². The zero-order valence-corrected chi connectivity index (χ0v) is 15.3. The van der Waals surface area contributed by atoms with Crippen molar-refractivity contribution in [3.63, 3.8) is 0 Å². The second-order valence-corrected chi connectivity index (χ2v) is 7.16. The Bertz CT molecular complexity index is 936. The molecule has 1 aliphatic rings. The summed E-state index contributed by atoms with van der Waals surface area (Å²) < 4.78 is 2.65. The van der Waals surface area contributed by atoms with Gasteiger partial charge in [-0.2, -0.15) is 0 Å². The zero-order valence-electron chi connectivity index (χ0n) is 13.0. The first-order chi connectivity index (χ1) is 12.1. The molecule has 3 aromatic rings. The quantitative estimate of drug-likeness (QED) is 0.684. The molecular formula is C17H13BrClN5O.